The summed E-state index contributed by atoms with van der Waals surface area (Å²) in [6.45, 7) is 0. The van der Waals surface area contributed by atoms with Gasteiger partial charge in [-0.3, -0.25) is 0 Å². The molecule has 3 rings (SSSR count). The van der Waals surface area contributed by atoms with E-state index in [1.807, 2.05) is 22.6 Å². The van der Waals surface area contributed by atoms with Crippen LogP contribution >= 0.6 is 31.2 Å². The standard InChI is InChI=1S/C14H17F6IP/c15-13(16,17)9-5-7(6-10(9)21)22-11-2-4-12(14(18,19)20)3-1-8(11)12/h7-11H,1-6H2/q-1. The Hall–Kier alpha value is 0.740. The van der Waals surface area contributed by atoms with E-state index in [9.17, 15) is 26.3 Å². The van der Waals surface area contributed by atoms with Gasteiger partial charge in [-0.05, 0) is 12.8 Å². The highest BCUT2D eigenvalue weighted by atomic mass is 127. The van der Waals surface area contributed by atoms with Gasteiger partial charge in [0, 0.05) is 3.92 Å². The van der Waals surface area contributed by atoms with Crippen LogP contribution in [0.1, 0.15) is 38.5 Å². The Kier molecular flexibility index (Phi) is 4.50. The van der Waals surface area contributed by atoms with Crippen LogP contribution in [0.5, 0.6) is 0 Å². The van der Waals surface area contributed by atoms with E-state index in [4.69, 9.17) is 0 Å². The zero-order valence-corrected chi connectivity index (χ0v) is 14.8. The number of halogens is 7. The maximum atomic E-state index is 13.3. The van der Waals surface area contributed by atoms with Crippen LogP contribution in [0.3, 0.4) is 0 Å². The molecule has 0 nitrogen and oxygen atoms in total. The van der Waals surface area contributed by atoms with Crippen molar-refractivity contribution in [3.8, 4) is 0 Å². The number of alkyl halides is 7. The Morgan fingerprint density at radius 3 is 2.00 bits per heavy atom. The molecule has 6 atom stereocenters. The third-order valence-electron chi connectivity index (χ3n) is 5.81. The van der Waals surface area contributed by atoms with Gasteiger partial charge in [-0.15, -0.1) is 0 Å². The zero-order chi connectivity index (χ0) is 16.3. The predicted octanol–water partition coefficient (Wildman–Crippen LogP) is 6.20. The molecule has 0 aromatic rings. The highest BCUT2D eigenvalue weighted by Crippen LogP contribution is 2.69. The summed E-state index contributed by atoms with van der Waals surface area (Å²) < 4.78 is 78.1. The molecule has 6 unspecified atom stereocenters. The van der Waals surface area contributed by atoms with Crippen molar-refractivity contribution in [2.45, 2.75) is 66.1 Å². The molecule has 0 aromatic heterocycles. The lowest BCUT2D eigenvalue weighted by Gasteiger charge is -2.52. The quantitative estimate of drug-likeness (QED) is 0.201. The fraction of sp³-hybridized carbons (Fsp3) is 1.00. The van der Waals surface area contributed by atoms with Crippen molar-refractivity contribution in [3.63, 3.8) is 0 Å². The first kappa shape index (κ1) is 17.6. The van der Waals surface area contributed by atoms with E-state index in [1.165, 1.54) is 0 Å². The first-order valence-electron chi connectivity index (χ1n) is 7.52. The van der Waals surface area contributed by atoms with E-state index in [2.05, 4.69) is 0 Å². The molecule has 0 saturated heterocycles. The highest BCUT2D eigenvalue weighted by Gasteiger charge is 2.66. The zero-order valence-electron chi connectivity index (χ0n) is 11.7. The average Bonchev–Trinajstić information content (AvgIpc) is 2.77. The molecule has 22 heavy (non-hydrogen) atoms. The molecular formula is C14H17F6IP-. The summed E-state index contributed by atoms with van der Waals surface area (Å²) in [5, 5.41) is 0. The Bertz CT molecular complexity index is 436. The minimum absolute atomic E-state index is 0.0593. The molecule has 0 radical (unpaired) electrons. The van der Waals surface area contributed by atoms with Gasteiger partial charge >= 0.3 is 12.4 Å². The maximum absolute atomic E-state index is 13.3. The van der Waals surface area contributed by atoms with Crippen molar-refractivity contribution >= 4 is 31.2 Å². The maximum Gasteiger partial charge on any atom is 0.394 e. The van der Waals surface area contributed by atoms with Gasteiger partial charge in [0.1, 0.15) is 0 Å². The van der Waals surface area contributed by atoms with Gasteiger partial charge in [-0.2, -0.15) is 37.7 Å². The van der Waals surface area contributed by atoms with Crippen LogP contribution in [0.25, 0.3) is 0 Å². The molecule has 0 N–H and O–H groups in total. The highest BCUT2D eigenvalue weighted by molar-refractivity contribution is 14.1. The third-order valence-corrected chi connectivity index (χ3v) is 9.03. The Labute approximate surface area is 141 Å². The van der Waals surface area contributed by atoms with Crippen LogP contribution in [0, 0.1) is 17.3 Å². The molecular weight excluding hydrogens is 440 g/mol. The summed E-state index contributed by atoms with van der Waals surface area (Å²) in [5.74, 6) is -1.65. The van der Waals surface area contributed by atoms with Gasteiger partial charge in [-0.1, -0.05) is 54.2 Å². The van der Waals surface area contributed by atoms with E-state index < -0.39 is 27.6 Å². The minimum Gasteiger partial charge on any atom is -0.533 e. The van der Waals surface area contributed by atoms with Gasteiger partial charge in [-0.25, -0.2) is 0 Å². The van der Waals surface area contributed by atoms with Crippen molar-refractivity contribution < 1.29 is 26.3 Å². The summed E-state index contributed by atoms with van der Waals surface area (Å²) in [6, 6.07) is 0. The number of rotatable bonds is 2. The fourth-order valence-electron chi connectivity index (χ4n) is 4.50. The molecule has 0 spiro atoms. The molecule has 0 bridgehead atoms. The van der Waals surface area contributed by atoms with Crippen LogP contribution in [0.2, 0.25) is 0 Å². The van der Waals surface area contributed by atoms with Gasteiger partial charge in [0.25, 0.3) is 0 Å². The summed E-state index contributed by atoms with van der Waals surface area (Å²) in [6.07, 6.45) is -6.30. The number of hydrogen-bond acceptors (Lipinski definition) is 0. The number of hydrogen-bond donors (Lipinski definition) is 0. The van der Waals surface area contributed by atoms with Gasteiger partial charge in [0.05, 0.1) is 11.3 Å². The SMILES string of the molecule is FC(F)(F)C1CC([P-]C2CCC3(C(F)(F)F)CCC23)CC1I. The largest absolute Gasteiger partial charge is 0.533 e. The molecule has 0 aliphatic heterocycles. The summed E-state index contributed by atoms with van der Waals surface area (Å²) in [5.41, 5.74) is -1.67. The second-order valence-electron chi connectivity index (χ2n) is 6.84. The third kappa shape index (κ3) is 2.80. The Morgan fingerprint density at radius 2 is 1.59 bits per heavy atom. The lowest BCUT2D eigenvalue weighted by atomic mass is 9.61. The van der Waals surface area contributed by atoms with E-state index in [0.717, 1.165) is 8.58 Å². The van der Waals surface area contributed by atoms with Crippen LogP contribution in [0.4, 0.5) is 26.3 Å². The van der Waals surface area contributed by atoms with Gasteiger partial charge in [0.2, 0.25) is 0 Å². The molecule has 0 amide bonds. The minimum atomic E-state index is -4.18. The lowest BCUT2D eigenvalue weighted by molar-refractivity contribution is -0.265. The Morgan fingerprint density at radius 1 is 0.955 bits per heavy atom. The molecule has 0 aromatic carbocycles. The molecule has 3 aliphatic rings. The van der Waals surface area contributed by atoms with Crippen LogP contribution < -0.4 is 0 Å². The molecule has 8 heteroatoms. The molecule has 3 saturated carbocycles. The van der Waals surface area contributed by atoms with E-state index in [0.29, 0.717) is 19.3 Å². The van der Waals surface area contributed by atoms with E-state index >= 15 is 0 Å². The molecule has 0 heterocycles. The summed E-state index contributed by atoms with van der Waals surface area (Å²) in [7, 11) is 0.837. The van der Waals surface area contributed by atoms with Crippen molar-refractivity contribution in [3.05, 3.63) is 0 Å². The lowest BCUT2D eigenvalue weighted by Crippen LogP contribution is -2.50. The van der Waals surface area contributed by atoms with Gasteiger partial charge in [0.15, 0.2) is 0 Å². The van der Waals surface area contributed by atoms with E-state index in [1.54, 1.807) is 0 Å². The fourth-order valence-corrected chi connectivity index (χ4v) is 8.38. The summed E-state index contributed by atoms with van der Waals surface area (Å²) >= 11 is 1.86. The van der Waals surface area contributed by atoms with Crippen molar-refractivity contribution in [2.75, 3.05) is 0 Å². The Balaban J connectivity index is 1.62. The van der Waals surface area contributed by atoms with Gasteiger partial charge < -0.3 is 8.58 Å². The van der Waals surface area contributed by atoms with E-state index in [-0.39, 0.29) is 36.5 Å². The average molecular weight is 457 g/mol. The summed E-state index contributed by atoms with van der Waals surface area (Å²) in [4.78, 5) is 0. The van der Waals surface area contributed by atoms with Crippen LogP contribution in [0.15, 0.2) is 0 Å². The smallest absolute Gasteiger partial charge is 0.394 e. The molecule has 128 valence electrons. The van der Waals surface area contributed by atoms with Crippen molar-refractivity contribution in [1.82, 2.24) is 0 Å². The first-order chi connectivity index (χ1) is 10.0. The number of fused-ring (bicyclic) bond motifs is 1. The van der Waals surface area contributed by atoms with Crippen molar-refractivity contribution in [1.29, 1.82) is 0 Å². The van der Waals surface area contributed by atoms with Crippen LogP contribution in [-0.2, 0) is 0 Å². The monoisotopic (exact) mass is 457 g/mol. The molecule has 3 fully saturated rings. The normalized spacial score (nSPS) is 46.2. The second kappa shape index (κ2) is 5.63. The first-order valence-corrected chi connectivity index (χ1v) is 9.80. The predicted molar refractivity (Wildman–Crippen MR) is 81.5 cm³/mol. The van der Waals surface area contributed by atoms with Crippen molar-refractivity contribution in [2.24, 2.45) is 17.3 Å². The topological polar surface area (TPSA) is 0 Å². The second-order valence-corrected chi connectivity index (χ2v) is 10.1. The molecule has 3 aliphatic carbocycles. The van der Waals surface area contributed by atoms with Crippen LogP contribution in [-0.4, -0.2) is 27.6 Å².